The van der Waals surface area contributed by atoms with Crippen LogP contribution in [0.4, 0.5) is 11.8 Å². The molecule has 0 aromatic carbocycles. The lowest BCUT2D eigenvalue weighted by Gasteiger charge is -2.25. The predicted octanol–water partition coefficient (Wildman–Crippen LogP) is -0.477. The zero-order valence-electron chi connectivity index (χ0n) is 25.1. The summed E-state index contributed by atoms with van der Waals surface area (Å²) < 4.78 is 67.6. The van der Waals surface area contributed by atoms with Crippen molar-refractivity contribution in [2.45, 2.75) is 49.1 Å². The van der Waals surface area contributed by atoms with E-state index >= 15 is 0 Å². The van der Waals surface area contributed by atoms with Gasteiger partial charge in [-0.05, 0) is 12.1 Å². The Balaban J connectivity index is 1.13. The molecule has 3 aliphatic rings. The number of H-pyrrole nitrogens is 1. The minimum absolute atomic E-state index is 0.0773. The summed E-state index contributed by atoms with van der Waals surface area (Å²) in [4.78, 5) is 52.5. The van der Waals surface area contributed by atoms with Crippen LogP contribution in [0.5, 0.6) is 0 Å². The number of nitrogens with one attached hydrogen (secondary N) is 1. The molecule has 5 aromatic rings. The summed E-state index contributed by atoms with van der Waals surface area (Å²) in [6.07, 6.45) is -7.65. The number of imidazole rings is 1. The highest BCUT2D eigenvalue weighted by molar-refractivity contribution is 7.47. The van der Waals surface area contributed by atoms with Crippen LogP contribution in [-0.4, -0.2) is 104 Å². The molecule has 0 aliphatic carbocycles. The molecule has 0 spiro atoms. The van der Waals surface area contributed by atoms with Crippen LogP contribution in [0.25, 0.3) is 33.5 Å². The van der Waals surface area contributed by atoms with E-state index in [1.165, 1.54) is 23.4 Å². The monoisotopic (exact) mass is 739 g/mol. The lowest BCUT2D eigenvalue weighted by molar-refractivity contribution is -0.0671. The molecular formula is C25H27N9O14P2. The van der Waals surface area contributed by atoms with Crippen LogP contribution in [0.2, 0.25) is 0 Å². The molecule has 0 amide bonds. The highest BCUT2D eigenvalue weighted by Crippen LogP contribution is 2.54. The van der Waals surface area contributed by atoms with Gasteiger partial charge in [0.25, 0.3) is 5.56 Å². The molecular weight excluding hydrogens is 712 g/mol. The number of fused-ring (bicyclic) bond motifs is 5. The Morgan fingerprint density at radius 2 is 1.62 bits per heavy atom. The number of rotatable bonds is 3. The molecule has 2 unspecified atom stereocenters. The van der Waals surface area contributed by atoms with E-state index in [0.717, 1.165) is 10.9 Å². The molecule has 10 atom stereocenters. The molecule has 266 valence electrons. The first-order valence-corrected chi connectivity index (χ1v) is 17.6. The van der Waals surface area contributed by atoms with Gasteiger partial charge < -0.3 is 49.9 Å². The standard InChI is InChI=1S/C25H27N9O14P2/c26-19-13-9(10-2-1-3-42-10)4-33(20(13)29-7-28-19)23-16(36)17-12(46-23)6-44-50(40,41)48-18-15(35)11(5-43-49(38,39)47-17)45-24(18)34-8-30-14-21(34)31-25(27)32-22(14)37/h1-4,7-8,11-12,15-18,23-24,35-36H,5-6H2,(H,38,39)(H,40,41)(H2,26,28,29)(H3,27,31,32,37)/t11-,12-,15-,16-,17-,18-,23-,24-/m1/s1. The first kappa shape index (κ1) is 33.1. The van der Waals surface area contributed by atoms with Crippen LogP contribution in [0, 0.1) is 0 Å². The number of hydrogen-bond acceptors (Lipinski definition) is 18. The molecule has 0 saturated carbocycles. The zero-order chi connectivity index (χ0) is 35.1. The van der Waals surface area contributed by atoms with Crippen LogP contribution in [0.1, 0.15) is 12.5 Å². The Kier molecular flexibility index (Phi) is 7.95. The molecule has 5 aromatic heterocycles. The largest absolute Gasteiger partial charge is 0.472 e. The average molecular weight is 739 g/mol. The van der Waals surface area contributed by atoms with Gasteiger partial charge >= 0.3 is 15.6 Å². The number of phosphoric acid groups is 2. The number of ether oxygens (including phenoxy) is 2. The summed E-state index contributed by atoms with van der Waals surface area (Å²) in [7, 11) is -10.3. The predicted molar refractivity (Wildman–Crippen MR) is 163 cm³/mol. The second-order valence-electron chi connectivity index (χ2n) is 11.4. The maximum Gasteiger partial charge on any atom is 0.472 e. The Bertz CT molecular complexity index is 2240. The summed E-state index contributed by atoms with van der Waals surface area (Å²) in [5, 5.41) is 22.9. The van der Waals surface area contributed by atoms with Gasteiger partial charge in [0.1, 0.15) is 60.2 Å². The van der Waals surface area contributed by atoms with Crippen molar-refractivity contribution >= 4 is 49.6 Å². The fraction of sp³-hybridized carbons (Fsp3) is 0.400. The number of phosphoric ester groups is 2. The van der Waals surface area contributed by atoms with Crippen molar-refractivity contribution in [3.05, 3.63) is 47.6 Å². The summed E-state index contributed by atoms with van der Waals surface area (Å²) in [6.45, 7) is -1.68. The minimum Gasteiger partial charge on any atom is -0.464 e. The van der Waals surface area contributed by atoms with Crippen molar-refractivity contribution in [2.75, 3.05) is 24.7 Å². The van der Waals surface area contributed by atoms with Crippen LogP contribution < -0.4 is 17.0 Å². The van der Waals surface area contributed by atoms with Gasteiger partial charge in [-0.15, -0.1) is 0 Å². The number of aliphatic hydroxyl groups is 2. The maximum atomic E-state index is 13.4. The summed E-state index contributed by atoms with van der Waals surface area (Å²) in [6, 6.07) is 3.30. The molecule has 3 fully saturated rings. The van der Waals surface area contributed by atoms with Gasteiger partial charge in [0.15, 0.2) is 23.6 Å². The normalized spacial score (nSPS) is 35.1. The Labute approximate surface area is 277 Å². The van der Waals surface area contributed by atoms with Crippen molar-refractivity contribution < 1.29 is 61.1 Å². The third kappa shape index (κ3) is 5.62. The highest BCUT2D eigenvalue weighted by Gasteiger charge is 2.54. The maximum absolute atomic E-state index is 13.4. The zero-order valence-corrected chi connectivity index (χ0v) is 26.9. The van der Waals surface area contributed by atoms with Gasteiger partial charge in [-0.25, -0.2) is 24.1 Å². The number of aromatic amines is 1. The van der Waals surface area contributed by atoms with Crippen molar-refractivity contribution in [1.29, 1.82) is 0 Å². The topological polar surface area (TPSA) is 330 Å². The van der Waals surface area contributed by atoms with E-state index in [-0.39, 0.29) is 28.6 Å². The van der Waals surface area contributed by atoms with E-state index in [1.807, 2.05) is 0 Å². The molecule has 23 nitrogen and oxygen atoms in total. The summed E-state index contributed by atoms with van der Waals surface area (Å²) in [5.41, 5.74) is 11.4. The number of furan rings is 1. The molecule has 8 heterocycles. The molecule has 8 rings (SSSR count). The minimum atomic E-state index is -5.15. The van der Waals surface area contributed by atoms with Crippen molar-refractivity contribution in [1.82, 2.24) is 34.1 Å². The number of hydrogen-bond donors (Lipinski definition) is 7. The molecule has 3 saturated heterocycles. The van der Waals surface area contributed by atoms with Crippen molar-refractivity contribution in [2.24, 2.45) is 0 Å². The molecule has 2 bridgehead atoms. The first-order chi connectivity index (χ1) is 23.8. The van der Waals surface area contributed by atoms with Crippen molar-refractivity contribution in [3.8, 4) is 11.3 Å². The number of anilines is 2. The van der Waals surface area contributed by atoms with Crippen molar-refractivity contribution in [3.63, 3.8) is 0 Å². The van der Waals surface area contributed by atoms with Gasteiger partial charge in [0.05, 0.1) is 31.2 Å². The number of nitrogens with zero attached hydrogens (tertiary/aromatic N) is 6. The number of aliphatic hydroxyl groups excluding tert-OH is 2. The van der Waals surface area contributed by atoms with Crippen LogP contribution in [-0.2, 0) is 36.7 Å². The molecule has 50 heavy (non-hydrogen) atoms. The van der Waals surface area contributed by atoms with E-state index in [0.29, 0.717) is 16.7 Å². The SMILES string of the molecule is Nc1nc2c(ncn2[C@@H]2O[C@@H]3COP(=O)(O)O[C@H]4[C@@H](O)[C@H](n5cc(-c6ccco6)c6c(N)ncnc65)O[C@@H]4COP(=O)(O)O[C@@H]2[C@@H]3O)c(=O)[nH]1. The van der Waals surface area contributed by atoms with E-state index < -0.39 is 83.5 Å². The molecule has 25 heteroatoms. The third-order valence-corrected chi connectivity index (χ3v) is 10.3. The number of nitrogens with two attached hydrogens (primary N) is 2. The van der Waals surface area contributed by atoms with E-state index in [2.05, 4.69) is 24.9 Å². The highest BCUT2D eigenvalue weighted by atomic mass is 31.2. The lowest BCUT2D eigenvalue weighted by Crippen LogP contribution is -2.36. The quantitative estimate of drug-likeness (QED) is 0.115. The fourth-order valence-corrected chi connectivity index (χ4v) is 8.06. The van der Waals surface area contributed by atoms with Gasteiger partial charge in [-0.1, -0.05) is 0 Å². The number of nitrogen functional groups attached to an aromatic ring is 2. The van der Waals surface area contributed by atoms with Crippen LogP contribution in [0.3, 0.4) is 0 Å². The molecule has 9 N–H and O–H groups in total. The smallest absolute Gasteiger partial charge is 0.464 e. The van der Waals surface area contributed by atoms with Gasteiger partial charge in [-0.3, -0.25) is 32.4 Å². The third-order valence-electron chi connectivity index (χ3n) is 8.36. The van der Waals surface area contributed by atoms with Crippen LogP contribution in [0.15, 0.2) is 46.5 Å². The fourth-order valence-electron chi connectivity index (χ4n) is 6.16. The van der Waals surface area contributed by atoms with Gasteiger partial charge in [0, 0.05) is 11.8 Å². The second kappa shape index (κ2) is 12.0. The Morgan fingerprint density at radius 1 is 0.900 bits per heavy atom. The van der Waals surface area contributed by atoms with Gasteiger partial charge in [0.2, 0.25) is 5.95 Å². The molecule has 0 radical (unpaired) electrons. The molecule has 3 aliphatic heterocycles. The lowest BCUT2D eigenvalue weighted by atomic mass is 10.1. The van der Waals surface area contributed by atoms with Gasteiger partial charge in [-0.2, -0.15) is 4.98 Å². The van der Waals surface area contributed by atoms with Crippen LogP contribution >= 0.6 is 15.6 Å². The van der Waals surface area contributed by atoms with E-state index in [4.69, 9.17) is 43.5 Å². The summed E-state index contributed by atoms with van der Waals surface area (Å²) in [5.74, 6) is 0.168. The van der Waals surface area contributed by atoms with E-state index in [1.54, 1.807) is 12.1 Å². The Hall–Kier alpha value is -4.09. The average Bonchev–Trinajstić information content (AvgIpc) is 3.88. The number of aromatic nitrogens is 7. The Morgan fingerprint density at radius 3 is 2.36 bits per heavy atom. The first-order valence-electron chi connectivity index (χ1n) is 14.7. The second-order valence-corrected chi connectivity index (χ2v) is 14.3. The van der Waals surface area contributed by atoms with E-state index in [9.17, 15) is 33.9 Å². The summed E-state index contributed by atoms with van der Waals surface area (Å²) >= 11 is 0.